The molecule has 2 rings (SSSR count). The molecule has 1 aromatic heterocycles. The third kappa shape index (κ3) is 3.17. The maximum atomic E-state index is 11.4. The van der Waals surface area contributed by atoms with Gasteiger partial charge in [0.25, 0.3) is 0 Å². The van der Waals surface area contributed by atoms with E-state index in [0.717, 1.165) is 20.7 Å². The highest BCUT2D eigenvalue weighted by Crippen LogP contribution is 2.24. The van der Waals surface area contributed by atoms with Crippen LogP contribution in [0.25, 0.3) is 0 Å². The molecule has 1 aromatic carbocycles. The number of nitrogens with zero attached hydrogens (tertiary/aromatic N) is 1. The molecular formula is C13H12BrNO2S. The monoisotopic (exact) mass is 325 g/mol. The first kappa shape index (κ1) is 13.2. The quantitative estimate of drug-likeness (QED) is 0.933. The van der Waals surface area contributed by atoms with Crippen LogP contribution in [0.15, 0.2) is 34.1 Å². The number of halogens is 1. The normalized spacial score (nSPS) is 12.3. The number of carbonyl (C=O) groups is 1. The zero-order valence-corrected chi connectivity index (χ0v) is 12.2. The summed E-state index contributed by atoms with van der Waals surface area (Å²) < 4.78 is 0.945. The third-order valence-electron chi connectivity index (χ3n) is 2.62. The summed E-state index contributed by atoms with van der Waals surface area (Å²) in [5.41, 5.74) is 1.74. The second-order valence-corrected chi connectivity index (χ2v) is 5.89. The van der Waals surface area contributed by atoms with Gasteiger partial charge in [0, 0.05) is 22.0 Å². The standard InChI is InChI=1S/C13H12BrNO2S/c1-8-7-18-12(15-8)6-11(13(16)17)9-2-4-10(14)5-3-9/h2-5,7,11H,6H2,1H3,(H,16,17). The second-order valence-electron chi connectivity index (χ2n) is 4.03. The molecule has 0 radical (unpaired) electrons. The van der Waals surface area contributed by atoms with Crippen LogP contribution in [0.3, 0.4) is 0 Å². The lowest BCUT2D eigenvalue weighted by Gasteiger charge is -2.11. The number of carboxylic acid groups (broad SMARTS) is 1. The molecule has 0 aliphatic carbocycles. The molecule has 0 amide bonds. The Morgan fingerprint density at radius 1 is 1.44 bits per heavy atom. The Morgan fingerprint density at radius 3 is 2.61 bits per heavy atom. The summed E-state index contributed by atoms with van der Waals surface area (Å²) >= 11 is 4.85. The Hall–Kier alpha value is -1.20. The molecule has 0 spiro atoms. The summed E-state index contributed by atoms with van der Waals surface area (Å²) in [4.78, 5) is 15.7. The number of carboxylic acids is 1. The molecule has 0 saturated carbocycles. The Morgan fingerprint density at radius 2 is 2.11 bits per heavy atom. The predicted molar refractivity (Wildman–Crippen MR) is 75.1 cm³/mol. The van der Waals surface area contributed by atoms with Crippen molar-refractivity contribution in [2.24, 2.45) is 0 Å². The van der Waals surface area contributed by atoms with E-state index in [1.165, 1.54) is 11.3 Å². The van der Waals surface area contributed by atoms with E-state index < -0.39 is 11.9 Å². The van der Waals surface area contributed by atoms with E-state index in [2.05, 4.69) is 20.9 Å². The molecule has 1 N–H and O–H groups in total. The van der Waals surface area contributed by atoms with Crippen molar-refractivity contribution in [3.05, 3.63) is 50.4 Å². The van der Waals surface area contributed by atoms with Crippen molar-refractivity contribution in [2.45, 2.75) is 19.3 Å². The molecule has 0 saturated heterocycles. The SMILES string of the molecule is Cc1csc(CC(C(=O)O)c2ccc(Br)cc2)n1. The zero-order chi connectivity index (χ0) is 13.1. The van der Waals surface area contributed by atoms with Gasteiger partial charge < -0.3 is 5.11 Å². The molecule has 3 nitrogen and oxygen atoms in total. The Bertz CT molecular complexity index is 550. The van der Waals surface area contributed by atoms with Gasteiger partial charge in [0.1, 0.15) is 0 Å². The van der Waals surface area contributed by atoms with Gasteiger partial charge in [-0.2, -0.15) is 0 Å². The van der Waals surface area contributed by atoms with Gasteiger partial charge in [0.05, 0.1) is 10.9 Å². The molecular weight excluding hydrogens is 314 g/mol. The molecule has 18 heavy (non-hydrogen) atoms. The molecule has 0 bridgehead atoms. The van der Waals surface area contributed by atoms with E-state index in [9.17, 15) is 9.90 Å². The third-order valence-corrected chi connectivity index (χ3v) is 4.13. The van der Waals surface area contributed by atoms with E-state index in [1.807, 2.05) is 36.6 Å². The van der Waals surface area contributed by atoms with Crippen LogP contribution >= 0.6 is 27.3 Å². The molecule has 0 aliphatic heterocycles. The fourth-order valence-corrected chi connectivity index (χ4v) is 2.80. The van der Waals surface area contributed by atoms with Gasteiger partial charge in [-0.15, -0.1) is 11.3 Å². The zero-order valence-electron chi connectivity index (χ0n) is 9.76. The minimum atomic E-state index is -0.815. The molecule has 1 atom stereocenters. The van der Waals surface area contributed by atoms with Gasteiger partial charge in [-0.3, -0.25) is 4.79 Å². The Balaban J connectivity index is 2.23. The van der Waals surface area contributed by atoms with Crippen molar-refractivity contribution in [1.29, 1.82) is 0 Å². The summed E-state index contributed by atoms with van der Waals surface area (Å²) in [5, 5.41) is 12.1. The first-order chi connectivity index (χ1) is 8.56. The highest BCUT2D eigenvalue weighted by atomic mass is 79.9. The number of hydrogen-bond acceptors (Lipinski definition) is 3. The van der Waals surface area contributed by atoms with Gasteiger partial charge in [0.2, 0.25) is 0 Å². The fraction of sp³-hybridized carbons (Fsp3) is 0.231. The van der Waals surface area contributed by atoms with Crippen molar-refractivity contribution < 1.29 is 9.90 Å². The van der Waals surface area contributed by atoms with Crippen LogP contribution in [0, 0.1) is 6.92 Å². The van der Waals surface area contributed by atoms with Crippen LogP contribution < -0.4 is 0 Å². The Labute approximate surface area is 118 Å². The van der Waals surface area contributed by atoms with Crippen LogP contribution in [0.1, 0.15) is 22.2 Å². The van der Waals surface area contributed by atoms with Gasteiger partial charge in [-0.1, -0.05) is 28.1 Å². The smallest absolute Gasteiger partial charge is 0.311 e. The van der Waals surface area contributed by atoms with Crippen molar-refractivity contribution in [2.75, 3.05) is 0 Å². The van der Waals surface area contributed by atoms with Gasteiger partial charge in [0.15, 0.2) is 0 Å². The van der Waals surface area contributed by atoms with Crippen LogP contribution in [-0.2, 0) is 11.2 Å². The van der Waals surface area contributed by atoms with Crippen molar-refractivity contribution in [3.8, 4) is 0 Å². The maximum Gasteiger partial charge on any atom is 0.311 e. The predicted octanol–water partition coefficient (Wildman–Crippen LogP) is 3.62. The molecule has 5 heteroatoms. The van der Waals surface area contributed by atoms with Gasteiger partial charge in [-0.25, -0.2) is 4.98 Å². The summed E-state index contributed by atoms with van der Waals surface area (Å²) in [5.74, 6) is -1.35. The molecule has 0 aliphatic rings. The van der Waals surface area contributed by atoms with Crippen LogP contribution in [0.2, 0.25) is 0 Å². The van der Waals surface area contributed by atoms with E-state index >= 15 is 0 Å². The van der Waals surface area contributed by atoms with Crippen molar-refractivity contribution >= 4 is 33.2 Å². The first-order valence-corrected chi connectivity index (χ1v) is 7.13. The number of aromatic nitrogens is 1. The number of rotatable bonds is 4. The largest absolute Gasteiger partial charge is 0.481 e. The highest BCUT2D eigenvalue weighted by molar-refractivity contribution is 9.10. The number of hydrogen-bond donors (Lipinski definition) is 1. The summed E-state index contributed by atoms with van der Waals surface area (Å²) in [7, 11) is 0. The van der Waals surface area contributed by atoms with Crippen LogP contribution in [-0.4, -0.2) is 16.1 Å². The number of thiazole rings is 1. The Kier molecular flexibility index (Phi) is 4.14. The van der Waals surface area contributed by atoms with E-state index in [1.54, 1.807) is 0 Å². The van der Waals surface area contributed by atoms with E-state index in [0.29, 0.717) is 6.42 Å². The van der Waals surface area contributed by atoms with Crippen molar-refractivity contribution in [1.82, 2.24) is 4.98 Å². The summed E-state index contributed by atoms with van der Waals surface area (Å²) in [6.45, 7) is 1.91. The maximum absolute atomic E-state index is 11.4. The lowest BCUT2D eigenvalue weighted by Crippen LogP contribution is -2.14. The molecule has 0 fully saturated rings. The van der Waals surface area contributed by atoms with Gasteiger partial charge >= 0.3 is 5.97 Å². The van der Waals surface area contributed by atoms with Crippen LogP contribution in [0.4, 0.5) is 0 Å². The first-order valence-electron chi connectivity index (χ1n) is 5.45. The average Bonchev–Trinajstić information content (AvgIpc) is 2.73. The topological polar surface area (TPSA) is 50.2 Å². The number of aryl methyl sites for hydroxylation is 1. The lowest BCUT2D eigenvalue weighted by atomic mass is 9.96. The molecule has 94 valence electrons. The minimum absolute atomic E-state index is 0.440. The van der Waals surface area contributed by atoms with E-state index in [4.69, 9.17) is 0 Å². The lowest BCUT2D eigenvalue weighted by molar-refractivity contribution is -0.138. The molecule has 1 heterocycles. The average molecular weight is 326 g/mol. The van der Waals surface area contributed by atoms with E-state index in [-0.39, 0.29) is 0 Å². The minimum Gasteiger partial charge on any atom is -0.481 e. The molecule has 2 aromatic rings. The fourth-order valence-electron chi connectivity index (χ4n) is 1.71. The van der Waals surface area contributed by atoms with Gasteiger partial charge in [-0.05, 0) is 24.6 Å². The number of benzene rings is 1. The summed E-state index contributed by atoms with van der Waals surface area (Å²) in [6, 6.07) is 7.39. The second kappa shape index (κ2) is 5.63. The van der Waals surface area contributed by atoms with Crippen molar-refractivity contribution in [3.63, 3.8) is 0 Å². The molecule has 1 unspecified atom stereocenters. The number of aliphatic carboxylic acids is 1. The van der Waals surface area contributed by atoms with Crippen LogP contribution in [0.5, 0.6) is 0 Å². The highest BCUT2D eigenvalue weighted by Gasteiger charge is 2.21. The summed E-state index contributed by atoms with van der Waals surface area (Å²) in [6.07, 6.45) is 0.440.